The van der Waals surface area contributed by atoms with Crippen LogP contribution in [0.25, 0.3) is 0 Å². The van der Waals surface area contributed by atoms with Crippen LogP contribution in [0.4, 0.5) is 14.5 Å². The average Bonchev–Trinajstić information content (AvgIpc) is 2.14. The van der Waals surface area contributed by atoms with Crippen LogP contribution in [-0.4, -0.2) is 26.2 Å². The van der Waals surface area contributed by atoms with Crippen molar-refractivity contribution in [3.8, 4) is 5.75 Å². The molecule has 9 heteroatoms. The molecule has 0 aliphatic rings. The van der Waals surface area contributed by atoms with Gasteiger partial charge in [0.15, 0.2) is 9.84 Å². The van der Waals surface area contributed by atoms with Gasteiger partial charge >= 0.3 is 6.61 Å². The molecule has 94 valence electrons. The number of non-ortho nitro benzene ring substituents is 1. The van der Waals surface area contributed by atoms with Crippen LogP contribution in [0, 0.1) is 10.1 Å². The number of ether oxygens (including phenoxy) is 1. The topological polar surface area (TPSA) is 86.5 Å². The summed E-state index contributed by atoms with van der Waals surface area (Å²) in [6, 6.07) is 2.29. The van der Waals surface area contributed by atoms with Crippen LogP contribution in [0.3, 0.4) is 0 Å². The molecule has 0 saturated carbocycles. The predicted octanol–water partition coefficient (Wildman–Crippen LogP) is 1.60. The molecule has 6 nitrogen and oxygen atoms in total. The third-order valence-corrected chi connectivity index (χ3v) is 2.82. The van der Waals surface area contributed by atoms with Crippen LogP contribution in [-0.2, 0) is 9.84 Å². The van der Waals surface area contributed by atoms with Gasteiger partial charge in [-0.15, -0.1) is 0 Å². The molecule has 0 unspecified atom stereocenters. The molecule has 1 aromatic rings. The number of nitro groups is 1. The fraction of sp³-hybridized carbons (Fsp3) is 0.250. The van der Waals surface area contributed by atoms with Gasteiger partial charge in [0.05, 0.1) is 15.9 Å². The average molecular weight is 267 g/mol. The summed E-state index contributed by atoms with van der Waals surface area (Å²) in [6.07, 6.45) is 0.804. The third-order valence-electron chi connectivity index (χ3n) is 1.73. The molecule has 0 N–H and O–H groups in total. The van der Waals surface area contributed by atoms with Gasteiger partial charge in [0.25, 0.3) is 5.69 Å². The highest BCUT2D eigenvalue weighted by atomic mass is 32.2. The van der Waals surface area contributed by atoms with Gasteiger partial charge in [-0.1, -0.05) is 0 Å². The molecule has 0 aromatic heterocycles. The molecular formula is C8H7F2NO5S. The van der Waals surface area contributed by atoms with Crippen molar-refractivity contribution < 1.29 is 26.9 Å². The second-order valence-corrected chi connectivity index (χ2v) is 5.09. The largest absolute Gasteiger partial charge is 0.435 e. The van der Waals surface area contributed by atoms with Crippen molar-refractivity contribution in [2.75, 3.05) is 6.26 Å². The Hall–Kier alpha value is -1.77. The van der Waals surface area contributed by atoms with Crippen molar-refractivity contribution >= 4 is 15.5 Å². The molecule has 0 atom stereocenters. The second-order valence-electron chi connectivity index (χ2n) is 3.07. The minimum atomic E-state index is -3.75. The highest BCUT2D eigenvalue weighted by Gasteiger charge is 2.18. The van der Waals surface area contributed by atoms with Crippen LogP contribution in [0.15, 0.2) is 23.1 Å². The van der Waals surface area contributed by atoms with Gasteiger partial charge in [-0.25, -0.2) is 8.42 Å². The number of sulfone groups is 1. The van der Waals surface area contributed by atoms with E-state index in [-0.39, 0.29) is 0 Å². The first-order valence-corrected chi connectivity index (χ1v) is 6.03. The summed E-state index contributed by atoms with van der Waals surface area (Å²) >= 11 is 0. The van der Waals surface area contributed by atoms with Gasteiger partial charge in [-0.05, 0) is 6.07 Å². The summed E-state index contributed by atoms with van der Waals surface area (Å²) in [7, 11) is -3.75. The van der Waals surface area contributed by atoms with Crippen LogP contribution < -0.4 is 4.74 Å². The smallest absolute Gasteiger partial charge is 0.387 e. The summed E-state index contributed by atoms with van der Waals surface area (Å²) in [4.78, 5) is 9.13. The Kier molecular flexibility index (Phi) is 3.61. The number of rotatable bonds is 4. The molecule has 0 spiro atoms. The van der Waals surface area contributed by atoms with Crippen LogP contribution in [0.5, 0.6) is 5.75 Å². The quantitative estimate of drug-likeness (QED) is 0.610. The van der Waals surface area contributed by atoms with E-state index in [1.54, 1.807) is 0 Å². The maximum absolute atomic E-state index is 11.9. The SMILES string of the molecule is CS(=O)(=O)c1cc(OC(F)F)cc([N+](=O)[O-])c1. The van der Waals surface area contributed by atoms with E-state index in [9.17, 15) is 27.3 Å². The highest BCUT2D eigenvalue weighted by Crippen LogP contribution is 2.26. The van der Waals surface area contributed by atoms with E-state index in [1.807, 2.05) is 0 Å². The van der Waals surface area contributed by atoms with Crippen LogP contribution in [0.2, 0.25) is 0 Å². The Morgan fingerprint density at radius 1 is 1.35 bits per heavy atom. The standard InChI is InChI=1S/C8H7F2NO5S/c1-17(14,15)7-3-5(11(12)13)2-6(4-7)16-8(9)10/h2-4,8H,1H3. The molecule has 1 rings (SSSR count). The van der Waals surface area contributed by atoms with Gasteiger partial charge in [-0.3, -0.25) is 10.1 Å². The van der Waals surface area contributed by atoms with E-state index >= 15 is 0 Å². The molecule has 0 radical (unpaired) electrons. The van der Waals surface area contributed by atoms with Crippen LogP contribution in [0.1, 0.15) is 0 Å². The molecule has 1 aromatic carbocycles. The third kappa shape index (κ3) is 3.63. The lowest BCUT2D eigenvalue weighted by Crippen LogP contribution is -2.05. The van der Waals surface area contributed by atoms with E-state index in [0.717, 1.165) is 24.5 Å². The van der Waals surface area contributed by atoms with E-state index in [2.05, 4.69) is 4.74 Å². The van der Waals surface area contributed by atoms with Crippen molar-refractivity contribution in [1.29, 1.82) is 0 Å². The normalized spacial score (nSPS) is 11.5. The molecule has 0 bridgehead atoms. The van der Waals surface area contributed by atoms with E-state index in [1.165, 1.54) is 0 Å². The number of alkyl halides is 2. The van der Waals surface area contributed by atoms with Gasteiger partial charge in [0.2, 0.25) is 0 Å². The van der Waals surface area contributed by atoms with Crippen molar-refractivity contribution in [2.24, 2.45) is 0 Å². The summed E-state index contributed by atoms with van der Waals surface area (Å²) < 4.78 is 50.2. The highest BCUT2D eigenvalue weighted by molar-refractivity contribution is 7.90. The van der Waals surface area contributed by atoms with Gasteiger partial charge in [0, 0.05) is 12.3 Å². The zero-order valence-electron chi connectivity index (χ0n) is 8.46. The summed E-state index contributed by atoms with van der Waals surface area (Å²) in [5, 5.41) is 10.5. The summed E-state index contributed by atoms with van der Waals surface area (Å²) in [6.45, 7) is -3.19. The maximum atomic E-state index is 11.9. The lowest BCUT2D eigenvalue weighted by molar-refractivity contribution is -0.385. The predicted molar refractivity (Wildman–Crippen MR) is 52.8 cm³/mol. The summed E-state index contributed by atoms with van der Waals surface area (Å²) in [5.74, 6) is -0.574. The fourth-order valence-corrected chi connectivity index (χ4v) is 1.71. The molecule has 0 fully saturated rings. The first-order valence-electron chi connectivity index (χ1n) is 4.14. The van der Waals surface area contributed by atoms with E-state index in [0.29, 0.717) is 0 Å². The first-order chi connectivity index (χ1) is 7.70. The number of nitrogens with zero attached hydrogens (tertiary/aromatic N) is 1. The van der Waals surface area contributed by atoms with E-state index < -0.39 is 37.7 Å². The molecule has 0 saturated heterocycles. The Morgan fingerprint density at radius 3 is 2.35 bits per heavy atom. The number of halogens is 2. The molecule has 0 heterocycles. The van der Waals surface area contributed by atoms with Crippen molar-refractivity contribution in [3.05, 3.63) is 28.3 Å². The molecule has 0 aliphatic carbocycles. The second kappa shape index (κ2) is 4.62. The van der Waals surface area contributed by atoms with Gasteiger partial charge in [-0.2, -0.15) is 8.78 Å². The molecule has 0 amide bonds. The Morgan fingerprint density at radius 2 is 1.94 bits per heavy atom. The fourth-order valence-electron chi connectivity index (χ4n) is 1.05. The van der Waals surface area contributed by atoms with Crippen LogP contribution >= 0.6 is 0 Å². The Balaban J connectivity index is 3.34. The number of benzene rings is 1. The van der Waals surface area contributed by atoms with Crippen molar-refractivity contribution in [3.63, 3.8) is 0 Å². The molecule has 17 heavy (non-hydrogen) atoms. The monoisotopic (exact) mass is 267 g/mol. The molecule has 0 aliphatic heterocycles. The Bertz CT molecular complexity index is 543. The van der Waals surface area contributed by atoms with Gasteiger partial charge < -0.3 is 4.74 Å². The van der Waals surface area contributed by atoms with Crippen molar-refractivity contribution in [1.82, 2.24) is 0 Å². The zero-order chi connectivity index (χ0) is 13.2. The van der Waals surface area contributed by atoms with E-state index in [4.69, 9.17) is 0 Å². The first kappa shape index (κ1) is 13.3. The minimum absolute atomic E-state index is 0.456. The van der Waals surface area contributed by atoms with Gasteiger partial charge in [0.1, 0.15) is 5.75 Å². The summed E-state index contributed by atoms with van der Waals surface area (Å²) in [5.41, 5.74) is -0.636. The maximum Gasteiger partial charge on any atom is 0.387 e. The lowest BCUT2D eigenvalue weighted by atomic mass is 10.3. The number of nitro benzene ring substituents is 1. The number of hydrogen-bond acceptors (Lipinski definition) is 5. The molecular weight excluding hydrogens is 260 g/mol. The van der Waals surface area contributed by atoms with Crippen molar-refractivity contribution in [2.45, 2.75) is 11.5 Å². The number of hydrogen-bond donors (Lipinski definition) is 0. The Labute approximate surface area is 94.9 Å². The zero-order valence-corrected chi connectivity index (χ0v) is 9.28. The minimum Gasteiger partial charge on any atom is -0.435 e. The lowest BCUT2D eigenvalue weighted by Gasteiger charge is -2.06.